The lowest BCUT2D eigenvalue weighted by Crippen LogP contribution is -2.58. The van der Waals surface area contributed by atoms with Crippen molar-refractivity contribution in [2.45, 2.75) is 75.8 Å². The fourth-order valence-corrected chi connectivity index (χ4v) is 7.63. The van der Waals surface area contributed by atoms with Gasteiger partial charge in [0.1, 0.15) is 36.3 Å². The van der Waals surface area contributed by atoms with Crippen LogP contribution < -0.4 is 4.18 Å². The molecule has 1 heterocycles. The summed E-state index contributed by atoms with van der Waals surface area (Å²) in [5.74, 6) is -0.438. The quantitative estimate of drug-likeness (QED) is 0.0624. The van der Waals surface area contributed by atoms with Crippen LogP contribution in [0.4, 0.5) is 13.2 Å². The van der Waals surface area contributed by atoms with E-state index in [0.717, 1.165) is 44.5 Å². The smallest absolute Gasteiger partial charge is 0.376 e. The Kier molecular flexibility index (Phi) is 14.7. The molecule has 1 aliphatic heterocycles. The van der Waals surface area contributed by atoms with Crippen molar-refractivity contribution in [3.8, 4) is 5.75 Å². The van der Waals surface area contributed by atoms with Crippen molar-refractivity contribution in [2.75, 3.05) is 6.61 Å². The predicted molar refractivity (Wildman–Crippen MR) is 225 cm³/mol. The minimum Gasteiger partial charge on any atom is -0.376 e. The number of aryl methyl sites for hydroxylation is 1. The van der Waals surface area contributed by atoms with Crippen molar-refractivity contribution in [3.05, 3.63) is 208 Å². The van der Waals surface area contributed by atoms with E-state index in [1.807, 2.05) is 146 Å². The van der Waals surface area contributed by atoms with E-state index in [1.165, 1.54) is 12.1 Å². The van der Waals surface area contributed by atoms with Gasteiger partial charge in [0.2, 0.25) is 0 Å². The fourth-order valence-electron chi connectivity index (χ4n) is 7.17. The highest BCUT2D eigenvalue weighted by Crippen LogP contribution is 2.39. The molecule has 6 aromatic rings. The molecule has 1 aliphatic rings. The molecular formula is C49H47F3O8S. The van der Waals surface area contributed by atoms with E-state index < -0.39 is 51.9 Å². The summed E-state index contributed by atoms with van der Waals surface area (Å²) in [6.45, 7) is 3.38. The van der Waals surface area contributed by atoms with Crippen LogP contribution in [0.1, 0.15) is 50.6 Å². The molecule has 6 aromatic carbocycles. The van der Waals surface area contributed by atoms with Crippen molar-refractivity contribution in [1.82, 2.24) is 0 Å². The van der Waals surface area contributed by atoms with Gasteiger partial charge >= 0.3 is 15.6 Å². The average molecular weight is 853 g/mol. The highest BCUT2D eigenvalue weighted by Gasteiger charge is 2.50. The Morgan fingerprint density at radius 1 is 0.557 bits per heavy atom. The minimum atomic E-state index is -5.80. The number of hydrogen-bond acceptors (Lipinski definition) is 8. The molecule has 3 unspecified atom stereocenters. The molecule has 8 nitrogen and oxygen atoms in total. The number of halogens is 3. The van der Waals surface area contributed by atoms with E-state index in [1.54, 1.807) is 12.1 Å². The first-order valence-corrected chi connectivity index (χ1v) is 21.4. The largest absolute Gasteiger partial charge is 0.534 e. The van der Waals surface area contributed by atoms with Crippen LogP contribution in [-0.2, 0) is 66.7 Å². The zero-order valence-electron chi connectivity index (χ0n) is 33.5. The summed E-state index contributed by atoms with van der Waals surface area (Å²) in [4.78, 5) is 0. The first-order chi connectivity index (χ1) is 29.5. The molecule has 0 bridgehead atoms. The van der Waals surface area contributed by atoms with Crippen LogP contribution in [0, 0.1) is 6.92 Å². The van der Waals surface area contributed by atoms with Crippen molar-refractivity contribution >= 4 is 10.1 Å². The van der Waals surface area contributed by atoms with Crippen molar-refractivity contribution in [3.63, 3.8) is 0 Å². The maximum Gasteiger partial charge on any atom is 0.534 e. The Labute approximate surface area is 354 Å². The van der Waals surface area contributed by atoms with E-state index in [2.05, 4.69) is 4.18 Å². The molecule has 12 heteroatoms. The number of hydrogen-bond donors (Lipinski definition) is 0. The Morgan fingerprint density at radius 3 is 1.54 bits per heavy atom. The van der Waals surface area contributed by atoms with E-state index >= 15 is 0 Å². The molecular weight excluding hydrogens is 806 g/mol. The van der Waals surface area contributed by atoms with Gasteiger partial charge in [-0.15, -0.1) is 0 Å². The lowest BCUT2D eigenvalue weighted by Gasteiger charge is -2.46. The van der Waals surface area contributed by atoms with Crippen LogP contribution in [0.25, 0.3) is 0 Å². The highest BCUT2D eigenvalue weighted by molar-refractivity contribution is 7.88. The molecule has 5 atom stereocenters. The van der Waals surface area contributed by atoms with E-state index in [-0.39, 0.29) is 19.8 Å². The number of rotatable bonds is 18. The van der Waals surface area contributed by atoms with Crippen LogP contribution in [0.15, 0.2) is 164 Å². The highest BCUT2D eigenvalue weighted by atomic mass is 32.2. The maximum absolute atomic E-state index is 13.0. The van der Waals surface area contributed by atoms with Gasteiger partial charge in [0, 0.05) is 0 Å². The van der Waals surface area contributed by atoms with Gasteiger partial charge in [-0.2, -0.15) is 21.6 Å². The van der Waals surface area contributed by atoms with Gasteiger partial charge in [0.25, 0.3) is 0 Å². The Bertz CT molecular complexity index is 2370. The van der Waals surface area contributed by atoms with Crippen molar-refractivity contribution in [1.29, 1.82) is 0 Å². The van der Waals surface area contributed by atoms with Crippen LogP contribution >= 0.6 is 0 Å². The van der Waals surface area contributed by atoms with E-state index in [0.29, 0.717) is 19.6 Å². The van der Waals surface area contributed by atoms with Gasteiger partial charge in [-0.1, -0.05) is 152 Å². The fraction of sp³-hybridized carbons (Fsp3) is 0.265. The Balaban J connectivity index is 1.23. The molecule has 0 spiro atoms. The molecule has 1 saturated heterocycles. The standard InChI is InChI=1S/C49H47F3O8S/c1-35-22-25-41(29-42(35)28-36-23-26-43(27-24-36)60-61(53,54)49(50,51)52)45-47(57-32-39-18-10-4-11-19-39)48(58-33-40-20-12-5-13-21-40)46(56-31-38-16-8-3-9-17-38)44(59-45)34-55-30-37-14-6-2-7-15-37/h2-27,29,44-48H,28,30-34H2,1H3/t44?,45?,46-,47+,48?/m1/s1. The molecule has 0 aromatic heterocycles. The SMILES string of the molecule is Cc1ccc(C2OC(COCc3ccccc3)[C@@H](OCc3ccccc3)C(OCc3ccccc3)[C@H]2OCc2ccccc2)cc1Cc1ccc(OS(=O)(=O)C(F)(F)F)cc1. The van der Waals surface area contributed by atoms with Crippen LogP contribution in [-0.4, -0.2) is 44.9 Å². The number of alkyl halides is 3. The minimum absolute atomic E-state index is 0.193. The van der Waals surface area contributed by atoms with Crippen molar-refractivity contribution in [2.24, 2.45) is 0 Å². The summed E-state index contributed by atoms with van der Waals surface area (Å²) in [6, 6.07) is 51.2. The third kappa shape index (κ3) is 11.9. The molecule has 318 valence electrons. The van der Waals surface area contributed by atoms with Crippen LogP contribution in [0.5, 0.6) is 5.75 Å². The second-order valence-corrected chi connectivity index (χ2v) is 16.4. The molecule has 0 N–H and O–H groups in total. The van der Waals surface area contributed by atoms with E-state index in [9.17, 15) is 21.6 Å². The molecule has 0 aliphatic carbocycles. The molecule has 7 rings (SSSR count). The van der Waals surface area contributed by atoms with E-state index in [4.69, 9.17) is 23.7 Å². The zero-order chi connectivity index (χ0) is 42.7. The predicted octanol–water partition coefficient (Wildman–Crippen LogP) is 10.2. The Hall–Kier alpha value is -5.34. The third-order valence-corrected chi connectivity index (χ3v) is 11.4. The summed E-state index contributed by atoms with van der Waals surface area (Å²) < 4.78 is 100. The van der Waals surface area contributed by atoms with Gasteiger partial charge in [0.05, 0.1) is 33.0 Å². The molecule has 1 fully saturated rings. The first kappa shape index (κ1) is 43.7. The van der Waals surface area contributed by atoms with Crippen LogP contribution in [0.3, 0.4) is 0 Å². The van der Waals surface area contributed by atoms with Gasteiger partial charge in [0.15, 0.2) is 0 Å². The summed E-state index contributed by atoms with van der Waals surface area (Å²) in [7, 11) is -5.80. The van der Waals surface area contributed by atoms with Gasteiger partial charge in [-0.05, 0) is 70.0 Å². The van der Waals surface area contributed by atoms with Gasteiger partial charge in [-0.3, -0.25) is 0 Å². The monoisotopic (exact) mass is 852 g/mol. The topological polar surface area (TPSA) is 89.5 Å². The number of ether oxygens (including phenoxy) is 5. The average Bonchev–Trinajstić information content (AvgIpc) is 3.27. The summed E-state index contributed by atoms with van der Waals surface area (Å²) in [5, 5.41) is 0. The summed E-state index contributed by atoms with van der Waals surface area (Å²) in [6.07, 6.45) is -2.80. The summed E-state index contributed by atoms with van der Waals surface area (Å²) >= 11 is 0. The molecule has 61 heavy (non-hydrogen) atoms. The number of benzene rings is 6. The van der Waals surface area contributed by atoms with Gasteiger partial charge < -0.3 is 27.9 Å². The second kappa shape index (κ2) is 20.5. The van der Waals surface area contributed by atoms with Crippen molar-refractivity contribution < 1.29 is 49.5 Å². The molecule has 0 saturated carbocycles. The summed E-state index contributed by atoms with van der Waals surface area (Å²) in [5.41, 5.74) is 1.84. The zero-order valence-corrected chi connectivity index (χ0v) is 34.3. The lowest BCUT2D eigenvalue weighted by atomic mass is 9.88. The van der Waals surface area contributed by atoms with Gasteiger partial charge in [-0.25, -0.2) is 0 Å². The first-order valence-electron chi connectivity index (χ1n) is 20.0. The molecule has 0 amide bonds. The third-order valence-electron chi connectivity index (χ3n) is 10.4. The lowest BCUT2D eigenvalue weighted by molar-refractivity contribution is -0.275. The normalized spacial score (nSPS) is 19.4. The van der Waals surface area contributed by atoms with Crippen LogP contribution in [0.2, 0.25) is 0 Å². The molecule has 0 radical (unpaired) electrons. The second-order valence-electron chi connectivity index (χ2n) is 14.9. The maximum atomic E-state index is 13.0. The Morgan fingerprint density at radius 2 is 1.03 bits per heavy atom.